The number of carbonyl (C=O) groups is 2. The first-order valence-electron chi connectivity index (χ1n) is 9.18. The molecule has 7 heteroatoms. The Morgan fingerprint density at radius 2 is 1.81 bits per heavy atom. The summed E-state index contributed by atoms with van der Waals surface area (Å²) in [6, 6.07) is 11.0. The monoisotopic (exact) mass is 405 g/mol. The number of benzene rings is 1. The third kappa shape index (κ3) is 6.06. The van der Waals surface area contributed by atoms with Crippen molar-refractivity contribution in [2.75, 3.05) is 39.3 Å². The van der Waals surface area contributed by atoms with E-state index in [1.807, 2.05) is 4.90 Å². The first-order valence-corrected chi connectivity index (χ1v) is 10.4. The van der Waals surface area contributed by atoms with Gasteiger partial charge < -0.3 is 10.2 Å². The summed E-state index contributed by atoms with van der Waals surface area (Å²) in [5, 5.41) is 5.50. The molecule has 5 nitrogen and oxygen atoms in total. The largest absolute Gasteiger partial charge is 0.352 e. The van der Waals surface area contributed by atoms with E-state index < -0.39 is 0 Å². The first-order chi connectivity index (χ1) is 13.1. The van der Waals surface area contributed by atoms with Gasteiger partial charge in [-0.2, -0.15) is 0 Å². The Balaban J connectivity index is 1.33. The molecule has 1 aliphatic heterocycles. The van der Waals surface area contributed by atoms with E-state index in [1.165, 1.54) is 4.88 Å². The molecule has 0 spiro atoms. The van der Waals surface area contributed by atoms with Crippen molar-refractivity contribution < 1.29 is 9.59 Å². The molecular weight excluding hydrogens is 382 g/mol. The lowest BCUT2D eigenvalue weighted by Gasteiger charge is -2.34. The number of nitrogens with zero attached hydrogens (tertiary/aromatic N) is 2. The van der Waals surface area contributed by atoms with Crippen molar-refractivity contribution in [3.05, 3.63) is 57.2 Å². The lowest BCUT2D eigenvalue weighted by molar-refractivity contribution is -0.132. The third-order valence-electron chi connectivity index (χ3n) is 4.71. The smallest absolute Gasteiger partial charge is 0.251 e. The van der Waals surface area contributed by atoms with E-state index in [0.29, 0.717) is 23.6 Å². The van der Waals surface area contributed by atoms with E-state index in [1.54, 1.807) is 35.6 Å². The Morgan fingerprint density at radius 3 is 2.48 bits per heavy atom. The van der Waals surface area contributed by atoms with Crippen LogP contribution in [0.4, 0.5) is 0 Å². The number of carbonyl (C=O) groups excluding carboxylic acids is 2. The standard InChI is InChI=1S/C20H24ClN3O2S/c21-17-5-3-16(4-6-17)20(26)22-9-7-19(25)24-13-11-23(12-14-24)10-8-18-2-1-15-27-18/h1-6,15H,7-14H2,(H,22,26). The number of rotatable bonds is 7. The maximum atomic E-state index is 12.4. The Kier molecular flexibility index (Phi) is 7.26. The van der Waals surface area contributed by atoms with Gasteiger partial charge in [-0.3, -0.25) is 14.5 Å². The summed E-state index contributed by atoms with van der Waals surface area (Å²) in [6.45, 7) is 4.73. The van der Waals surface area contributed by atoms with Crippen molar-refractivity contribution in [1.82, 2.24) is 15.1 Å². The molecule has 3 rings (SSSR count). The quantitative estimate of drug-likeness (QED) is 0.770. The fraction of sp³-hybridized carbons (Fsp3) is 0.400. The molecule has 2 heterocycles. The van der Waals surface area contributed by atoms with Crippen LogP contribution in [0.2, 0.25) is 5.02 Å². The van der Waals surface area contributed by atoms with Crippen LogP contribution in [0.15, 0.2) is 41.8 Å². The van der Waals surface area contributed by atoms with Crippen LogP contribution in [0.5, 0.6) is 0 Å². The summed E-state index contributed by atoms with van der Waals surface area (Å²) in [6.07, 6.45) is 1.40. The van der Waals surface area contributed by atoms with Gasteiger partial charge in [0.1, 0.15) is 0 Å². The summed E-state index contributed by atoms with van der Waals surface area (Å²) in [7, 11) is 0. The molecule has 2 amide bonds. The van der Waals surface area contributed by atoms with E-state index in [9.17, 15) is 9.59 Å². The third-order valence-corrected chi connectivity index (χ3v) is 5.90. The molecule has 1 aliphatic rings. The summed E-state index contributed by atoms with van der Waals surface area (Å²) in [5.74, 6) is -0.0813. The van der Waals surface area contributed by atoms with Crippen LogP contribution in [0.3, 0.4) is 0 Å². The average molecular weight is 406 g/mol. The normalized spacial score (nSPS) is 14.9. The zero-order valence-corrected chi connectivity index (χ0v) is 16.8. The fourth-order valence-electron chi connectivity index (χ4n) is 3.09. The van der Waals surface area contributed by atoms with Gasteiger partial charge in [0.2, 0.25) is 5.91 Å². The molecule has 1 aromatic heterocycles. The molecule has 0 radical (unpaired) electrons. The molecular formula is C20H24ClN3O2S. The minimum Gasteiger partial charge on any atom is -0.352 e. The SMILES string of the molecule is O=C(NCCC(=O)N1CCN(CCc2cccs2)CC1)c1ccc(Cl)cc1. The van der Waals surface area contributed by atoms with Crippen LogP contribution in [-0.2, 0) is 11.2 Å². The average Bonchev–Trinajstić information content (AvgIpc) is 3.21. The summed E-state index contributed by atoms with van der Waals surface area (Å²) < 4.78 is 0. The number of thiophene rings is 1. The molecule has 27 heavy (non-hydrogen) atoms. The topological polar surface area (TPSA) is 52.7 Å². The predicted octanol–water partition coefficient (Wildman–Crippen LogP) is 2.91. The fourth-order valence-corrected chi connectivity index (χ4v) is 3.91. The van der Waals surface area contributed by atoms with Gasteiger partial charge >= 0.3 is 0 Å². The van der Waals surface area contributed by atoms with Crippen LogP contribution < -0.4 is 5.32 Å². The van der Waals surface area contributed by atoms with Gasteiger partial charge in [-0.1, -0.05) is 17.7 Å². The molecule has 2 aromatic rings. The van der Waals surface area contributed by atoms with Gasteiger partial charge in [0, 0.05) is 61.2 Å². The maximum absolute atomic E-state index is 12.4. The molecule has 144 valence electrons. The number of halogens is 1. The Hall–Kier alpha value is -1.89. The second-order valence-corrected chi connectivity index (χ2v) is 8.03. The van der Waals surface area contributed by atoms with Crippen molar-refractivity contribution in [2.24, 2.45) is 0 Å². The minimum absolute atomic E-state index is 0.101. The van der Waals surface area contributed by atoms with E-state index in [-0.39, 0.29) is 11.8 Å². The predicted molar refractivity (Wildman–Crippen MR) is 109 cm³/mol. The van der Waals surface area contributed by atoms with E-state index in [2.05, 4.69) is 27.7 Å². The molecule has 0 unspecified atom stereocenters. The molecule has 1 aromatic carbocycles. The van der Waals surface area contributed by atoms with Crippen LogP contribution in [-0.4, -0.2) is 60.9 Å². The Labute approximate surface area is 168 Å². The van der Waals surface area contributed by atoms with Gasteiger partial charge in [-0.25, -0.2) is 0 Å². The number of amides is 2. The van der Waals surface area contributed by atoms with Crippen molar-refractivity contribution in [2.45, 2.75) is 12.8 Å². The Bertz CT molecular complexity index is 741. The van der Waals surface area contributed by atoms with E-state index >= 15 is 0 Å². The zero-order chi connectivity index (χ0) is 19.1. The van der Waals surface area contributed by atoms with Crippen molar-refractivity contribution in [1.29, 1.82) is 0 Å². The van der Waals surface area contributed by atoms with Crippen LogP contribution in [0.25, 0.3) is 0 Å². The van der Waals surface area contributed by atoms with Gasteiger partial charge in [0.05, 0.1) is 0 Å². The molecule has 0 saturated carbocycles. The van der Waals surface area contributed by atoms with Crippen LogP contribution in [0.1, 0.15) is 21.7 Å². The highest BCUT2D eigenvalue weighted by atomic mass is 35.5. The second kappa shape index (κ2) is 9.88. The molecule has 1 N–H and O–H groups in total. The lowest BCUT2D eigenvalue weighted by atomic mass is 10.2. The van der Waals surface area contributed by atoms with E-state index in [4.69, 9.17) is 11.6 Å². The summed E-state index contributed by atoms with van der Waals surface area (Å²) in [4.78, 5) is 30.1. The van der Waals surface area contributed by atoms with Crippen LogP contribution >= 0.6 is 22.9 Å². The highest BCUT2D eigenvalue weighted by Gasteiger charge is 2.20. The second-order valence-electron chi connectivity index (χ2n) is 6.56. The number of nitrogens with one attached hydrogen (secondary N) is 1. The van der Waals surface area contributed by atoms with Gasteiger partial charge in [0.25, 0.3) is 5.91 Å². The highest BCUT2D eigenvalue weighted by molar-refractivity contribution is 7.09. The molecule has 0 atom stereocenters. The van der Waals surface area contributed by atoms with Crippen molar-refractivity contribution >= 4 is 34.8 Å². The molecule has 0 bridgehead atoms. The lowest BCUT2D eigenvalue weighted by Crippen LogP contribution is -2.49. The molecule has 0 aliphatic carbocycles. The van der Waals surface area contributed by atoms with Gasteiger partial charge in [0.15, 0.2) is 0 Å². The maximum Gasteiger partial charge on any atom is 0.251 e. The number of hydrogen-bond donors (Lipinski definition) is 1. The van der Waals surface area contributed by atoms with E-state index in [0.717, 1.165) is 39.1 Å². The highest BCUT2D eigenvalue weighted by Crippen LogP contribution is 2.12. The number of piperazine rings is 1. The van der Waals surface area contributed by atoms with Crippen molar-refractivity contribution in [3.8, 4) is 0 Å². The molecule has 1 saturated heterocycles. The molecule has 1 fully saturated rings. The summed E-state index contributed by atoms with van der Waals surface area (Å²) >= 11 is 7.61. The Morgan fingerprint density at radius 1 is 1.07 bits per heavy atom. The van der Waals surface area contributed by atoms with Crippen LogP contribution in [0, 0.1) is 0 Å². The number of hydrogen-bond acceptors (Lipinski definition) is 4. The first kappa shape index (κ1) is 19.9. The van der Waals surface area contributed by atoms with Gasteiger partial charge in [-0.15, -0.1) is 11.3 Å². The van der Waals surface area contributed by atoms with Gasteiger partial charge in [-0.05, 0) is 42.1 Å². The minimum atomic E-state index is -0.183. The zero-order valence-electron chi connectivity index (χ0n) is 15.2. The van der Waals surface area contributed by atoms with Crippen molar-refractivity contribution in [3.63, 3.8) is 0 Å². The summed E-state index contributed by atoms with van der Waals surface area (Å²) in [5.41, 5.74) is 0.547.